The summed E-state index contributed by atoms with van der Waals surface area (Å²) in [7, 11) is -3.35. The van der Waals surface area contributed by atoms with Gasteiger partial charge in [0.25, 0.3) is 0 Å². The molecule has 0 spiro atoms. The highest BCUT2D eigenvalue weighted by Gasteiger charge is 2.03. The zero-order valence-electron chi connectivity index (χ0n) is 8.32. The monoisotopic (exact) mass is 299 g/mol. The van der Waals surface area contributed by atoms with Crippen molar-refractivity contribution in [2.75, 3.05) is 11.5 Å². The van der Waals surface area contributed by atoms with E-state index in [9.17, 15) is 8.42 Å². The average Bonchev–Trinajstić information content (AvgIpc) is 2.17. The molecular formula is C9H11Cl2NO2S2. The van der Waals surface area contributed by atoms with Crippen molar-refractivity contribution in [3.8, 4) is 0 Å². The van der Waals surface area contributed by atoms with E-state index in [1.165, 1.54) is 11.8 Å². The lowest BCUT2D eigenvalue weighted by Gasteiger charge is -2.02. The maximum Gasteiger partial charge on any atom is 0.209 e. The van der Waals surface area contributed by atoms with E-state index in [-0.39, 0.29) is 5.75 Å². The molecule has 1 rings (SSSR count). The van der Waals surface area contributed by atoms with Gasteiger partial charge in [-0.15, -0.1) is 11.8 Å². The van der Waals surface area contributed by atoms with E-state index in [0.29, 0.717) is 22.2 Å². The van der Waals surface area contributed by atoms with Crippen molar-refractivity contribution in [1.29, 1.82) is 0 Å². The highest BCUT2D eigenvalue weighted by molar-refractivity contribution is 7.99. The molecule has 1 aromatic rings. The molecule has 0 saturated carbocycles. The third-order valence-electron chi connectivity index (χ3n) is 1.73. The van der Waals surface area contributed by atoms with Gasteiger partial charge in [-0.3, -0.25) is 0 Å². The fraction of sp³-hybridized carbons (Fsp3) is 0.333. The molecule has 16 heavy (non-hydrogen) atoms. The zero-order chi connectivity index (χ0) is 12.2. The van der Waals surface area contributed by atoms with Gasteiger partial charge in [0.2, 0.25) is 10.0 Å². The summed E-state index contributed by atoms with van der Waals surface area (Å²) in [5.41, 5.74) is 0. The summed E-state index contributed by atoms with van der Waals surface area (Å²) in [6.45, 7) is 0. The van der Waals surface area contributed by atoms with Crippen LogP contribution in [0.1, 0.15) is 6.42 Å². The van der Waals surface area contributed by atoms with Crippen LogP contribution in [-0.2, 0) is 10.0 Å². The molecule has 0 fully saturated rings. The number of benzene rings is 1. The Morgan fingerprint density at radius 1 is 1.25 bits per heavy atom. The Hall–Kier alpha value is 0.0600. The summed E-state index contributed by atoms with van der Waals surface area (Å²) in [5.74, 6) is 0.676. The maximum atomic E-state index is 10.7. The second-order valence-electron chi connectivity index (χ2n) is 3.14. The van der Waals surface area contributed by atoms with Crippen molar-refractivity contribution in [2.45, 2.75) is 11.3 Å². The van der Waals surface area contributed by atoms with Crippen LogP contribution < -0.4 is 5.14 Å². The molecule has 0 amide bonds. The Labute approximate surface area is 109 Å². The quantitative estimate of drug-likeness (QED) is 0.672. The molecule has 7 heteroatoms. The number of hydrogen-bond donors (Lipinski definition) is 1. The van der Waals surface area contributed by atoms with Crippen LogP contribution in [-0.4, -0.2) is 19.9 Å². The molecule has 0 aromatic heterocycles. The predicted molar refractivity (Wildman–Crippen MR) is 69.8 cm³/mol. The first-order valence-electron chi connectivity index (χ1n) is 4.47. The Bertz CT molecular complexity index is 463. The van der Waals surface area contributed by atoms with Crippen LogP contribution in [0.4, 0.5) is 0 Å². The van der Waals surface area contributed by atoms with Gasteiger partial charge in [0.15, 0.2) is 0 Å². The molecule has 0 unspecified atom stereocenters. The van der Waals surface area contributed by atoms with E-state index in [1.807, 2.05) is 6.07 Å². The summed E-state index contributed by atoms with van der Waals surface area (Å²) < 4.78 is 21.3. The zero-order valence-corrected chi connectivity index (χ0v) is 11.5. The van der Waals surface area contributed by atoms with Gasteiger partial charge in [-0.25, -0.2) is 13.6 Å². The predicted octanol–water partition coefficient (Wildman–Crippen LogP) is 2.76. The van der Waals surface area contributed by atoms with Crippen LogP contribution in [0.5, 0.6) is 0 Å². The first-order valence-corrected chi connectivity index (χ1v) is 7.92. The highest BCUT2D eigenvalue weighted by atomic mass is 35.5. The molecule has 0 radical (unpaired) electrons. The van der Waals surface area contributed by atoms with Crippen LogP contribution in [0.3, 0.4) is 0 Å². The molecule has 0 saturated heterocycles. The van der Waals surface area contributed by atoms with Crippen LogP contribution in [0.25, 0.3) is 0 Å². The van der Waals surface area contributed by atoms with Gasteiger partial charge in [0.1, 0.15) is 0 Å². The minimum absolute atomic E-state index is 0.00131. The third-order valence-corrected chi connectivity index (χ3v) is 4.41. The lowest BCUT2D eigenvalue weighted by molar-refractivity contribution is 0.596. The van der Waals surface area contributed by atoms with Gasteiger partial charge in [0, 0.05) is 4.90 Å². The van der Waals surface area contributed by atoms with Crippen molar-refractivity contribution in [3.63, 3.8) is 0 Å². The van der Waals surface area contributed by atoms with Crippen LogP contribution >= 0.6 is 35.0 Å². The molecule has 3 nitrogen and oxygen atoms in total. The molecule has 2 N–H and O–H groups in total. The summed E-state index contributed by atoms with van der Waals surface area (Å²) in [6.07, 6.45) is 0.518. The van der Waals surface area contributed by atoms with Crippen LogP contribution in [0.2, 0.25) is 10.0 Å². The van der Waals surface area contributed by atoms with E-state index >= 15 is 0 Å². The minimum atomic E-state index is -3.35. The average molecular weight is 300 g/mol. The standard InChI is InChI=1S/C9H11Cl2NO2S2/c10-8-3-2-7(6-9(8)11)15-4-1-5-16(12,13)14/h2-3,6H,1,4-5H2,(H2,12,13,14). The molecule has 0 aliphatic rings. The molecular weight excluding hydrogens is 289 g/mol. The number of sulfonamides is 1. The van der Waals surface area contributed by atoms with Crippen molar-refractivity contribution in [1.82, 2.24) is 0 Å². The summed E-state index contributed by atoms with van der Waals surface area (Å²) >= 11 is 13.1. The van der Waals surface area contributed by atoms with E-state index in [4.69, 9.17) is 28.3 Å². The van der Waals surface area contributed by atoms with Crippen molar-refractivity contribution in [2.24, 2.45) is 5.14 Å². The number of thioether (sulfide) groups is 1. The molecule has 0 bridgehead atoms. The maximum absolute atomic E-state index is 10.7. The fourth-order valence-electron chi connectivity index (χ4n) is 1.02. The molecule has 90 valence electrons. The Balaban J connectivity index is 2.41. The van der Waals surface area contributed by atoms with Gasteiger partial charge in [-0.05, 0) is 30.4 Å². The van der Waals surface area contributed by atoms with E-state index in [2.05, 4.69) is 0 Å². The van der Waals surface area contributed by atoms with Crippen molar-refractivity contribution >= 4 is 45.0 Å². The summed E-state index contributed by atoms with van der Waals surface area (Å²) in [6, 6.07) is 5.31. The lowest BCUT2D eigenvalue weighted by atomic mass is 10.4. The Morgan fingerprint density at radius 2 is 1.94 bits per heavy atom. The first-order chi connectivity index (χ1) is 7.38. The van der Waals surface area contributed by atoms with Gasteiger partial charge in [0.05, 0.1) is 15.8 Å². The minimum Gasteiger partial charge on any atom is -0.229 e. The number of nitrogens with two attached hydrogens (primary N) is 1. The van der Waals surface area contributed by atoms with E-state index in [0.717, 1.165) is 4.90 Å². The fourth-order valence-corrected chi connectivity index (χ4v) is 3.00. The third kappa shape index (κ3) is 5.41. The van der Waals surface area contributed by atoms with Gasteiger partial charge in [-0.1, -0.05) is 23.2 Å². The largest absolute Gasteiger partial charge is 0.229 e. The van der Waals surface area contributed by atoms with Crippen molar-refractivity contribution in [3.05, 3.63) is 28.2 Å². The van der Waals surface area contributed by atoms with Crippen LogP contribution in [0.15, 0.2) is 23.1 Å². The topological polar surface area (TPSA) is 60.2 Å². The normalized spacial score (nSPS) is 11.7. The second kappa shape index (κ2) is 6.12. The second-order valence-corrected chi connectivity index (χ2v) is 6.86. The summed E-state index contributed by atoms with van der Waals surface area (Å²) in [5, 5.41) is 5.89. The van der Waals surface area contributed by atoms with Crippen LogP contribution in [0, 0.1) is 0 Å². The SMILES string of the molecule is NS(=O)(=O)CCCSc1ccc(Cl)c(Cl)c1. The van der Waals surface area contributed by atoms with E-state index < -0.39 is 10.0 Å². The number of halogens is 2. The molecule has 0 heterocycles. The molecule has 1 aromatic carbocycles. The number of hydrogen-bond acceptors (Lipinski definition) is 3. The highest BCUT2D eigenvalue weighted by Crippen LogP contribution is 2.28. The van der Waals surface area contributed by atoms with Gasteiger partial charge >= 0.3 is 0 Å². The summed E-state index contributed by atoms with van der Waals surface area (Å²) in [4.78, 5) is 0.962. The number of primary sulfonamides is 1. The smallest absolute Gasteiger partial charge is 0.209 e. The molecule has 0 aliphatic carbocycles. The first kappa shape index (κ1) is 14.1. The number of rotatable bonds is 5. The van der Waals surface area contributed by atoms with Crippen molar-refractivity contribution < 1.29 is 8.42 Å². The van der Waals surface area contributed by atoms with E-state index in [1.54, 1.807) is 12.1 Å². The van der Waals surface area contributed by atoms with Gasteiger partial charge in [-0.2, -0.15) is 0 Å². The van der Waals surface area contributed by atoms with Gasteiger partial charge < -0.3 is 0 Å². The Morgan fingerprint density at radius 3 is 2.50 bits per heavy atom. The Kier molecular flexibility index (Phi) is 5.40. The molecule has 0 aliphatic heterocycles. The molecule has 0 atom stereocenters. The lowest BCUT2D eigenvalue weighted by Crippen LogP contribution is -2.16.